The zero-order valence-electron chi connectivity index (χ0n) is 26.4. The molecule has 0 bridgehead atoms. The van der Waals surface area contributed by atoms with Gasteiger partial charge in [0.2, 0.25) is 0 Å². The molecule has 246 valence electrons. The summed E-state index contributed by atoms with van der Waals surface area (Å²) in [6.45, 7) is 5.18. The Morgan fingerprint density at radius 2 is 1.26 bits per heavy atom. The number of alkyl halides is 1. The van der Waals surface area contributed by atoms with Crippen molar-refractivity contribution >= 4 is 0 Å². The molecule has 0 radical (unpaired) electrons. The summed E-state index contributed by atoms with van der Waals surface area (Å²) in [4.78, 5) is 3.03. The van der Waals surface area contributed by atoms with E-state index in [1.165, 1.54) is 0 Å². The van der Waals surface area contributed by atoms with E-state index in [0.29, 0.717) is 0 Å². The number of benzene rings is 3. The van der Waals surface area contributed by atoms with Gasteiger partial charge in [0.05, 0.1) is 44.7 Å². The average molecular weight is 636 g/mol. The number of ether oxygens (including phenoxy) is 7. The fraction of sp³-hybridized carbons (Fsp3) is 0.486. The predicted molar refractivity (Wildman–Crippen MR) is 168 cm³/mol. The van der Waals surface area contributed by atoms with Crippen LogP contribution in [-0.4, -0.2) is 68.0 Å². The van der Waals surface area contributed by atoms with E-state index < -0.39 is 55.3 Å². The molecule has 0 aromatic heterocycles. The van der Waals surface area contributed by atoms with Gasteiger partial charge in [-0.05, 0) is 43.0 Å². The van der Waals surface area contributed by atoms with Gasteiger partial charge in [0, 0.05) is 4.91 Å². The minimum Gasteiger partial charge on any atom is -0.368 e. The second kappa shape index (κ2) is 16.4. The number of nitrogens with zero attached hydrogens (tertiary/aromatic N) is 3. The van der Waals surface area contributed by atoms with Crippen LogP contribution in [0.2, 0.25) is 0 Å². The van der Waals surface area contributed by atoms with Crippen LogP contribution in [0.4, 0.5) is 4.39 Å². The Morgan fingerprint density at radius 3 is 1.72 bits per heavy atom. The SMILES string of the molecule is C[C@H]1OC(C)(C)O[C@H]1[C@H](CO[C@H]1OC(CF)[C@@H](OCc2ccccc2)[C@H](OCc2ccccc2)C1OCc1ccccc1)N=[N+]=[N-]. The first kappa shape index (κ1) is 34.0. The Morgan fingerprint density at radius 1 is 0.761 bits per heavy atom. The van der Waals surface area contributed by atoms with Crippen LogP contribution in [-0.2, 0) is 53.0 Å². The maximum absolute atomic E-state index is 14.8. The van der Waals surface area contributed by atoms with Crippen molar-refractivity contribution in [2.75, 3.05) is 13.3 Å². The van der Waals surface area contributed by atoms with Crippen molar-refractivity contribution in [2.45, 2.75) is 95.3 Å². The topological polar surface area (TPSA) is 113 Å². The zero-order chi connectivity index (χ0) is 32.4. The maximum Gasteiger partial charge on any atom is 0.186 e. The van der Waals surface area contributed by atoms with Crippen molar-refractivity contribution < 1.29 is 37.5 Å². The van der Waals surface area contributed by atoms with Crippen LogP contribution in [0.3, 0.4) is 0 Å². The summed E-state index contributed by atoms with van der Waals surface area (Å²) in [7, 11) is 0. The molecule has 2 saturated heterocycles. The standard InChI is InChI=1S/C35H42FN3O7/c1-24-30(46-35(2,3)45-24)28(38-39-37)23-43-34-33(42-22-27-17-11-6-12-18-27)32(41-21-26-15-9-5-10-16-26)31(29(19-36)44-34)40-20-25-13-7-4-8-14-25/h4-18,24,28-34H,19-23H2,1-3H3/t24-,28+,29?,30-,31-,32+,33?,34+/m1/s1. The van der Waals surface area contributed by atoms with Crippen molar-refractivity contribution in [2.24, 2.45) is 5.11 Å². The van der Waals surface area contributed by atoms with E-state index >= 15 is 0 Å². The molecule has 2 aliphatic heterocycles. The quantitative estimate of drug-likeness (QED) is 0.104. The molecule has 3 aromatic rings. The lowest BCUT2D eigenvalue weighted by atomic mass is 9.98. The molecule has 10 nitrogen and oxygen atoms in total. The molecule has 0 aliphatic carbocycles. The predicted octanol–water partition coefficient (Wildman–Crippen LogP) is 6.67. The number of halogens is 1. The van der Waals surface area contributed by atoms with E-state index in [2.05, 4.69) is 10.0 Å². The third kappa shape index (κ3) is 9.12. The van der Waals surface area contributed by atoms with Gasteiger partial charge in [-0.1, -0.05) is 96.1 Å². The summed E-state index contributed by atoms with van der Waals surface area (Å²) in [5, 5.41) is 3.96. The van der Waals surface area contributed by atoms with Crippen LogP contribution in [0, 0.1) is 0 Å². The molecule has 5 rings (SSSR count). The Bertz CT molecular complexity index is 1380. The maximum atomic E-state index is 14.8. The largest absolute Gasteiger partial charge is 0.368 e. The molecule has 0 spiro atoms. The summed E-state index contributed by atoms with van der Waals surface area (Å²) in [5.41, 5.74) is 12.2. The third-order valence-electron chi connectivity index (χ3n) is 7.96. The average Bonchev–Trinajstić information content (AvgIpc) is 3.36. The Labute approximate surface area is 269 Å². The first-order chi connectivity index (χ1) is 22.4. The lowest BCUT2D eigenvalue weighted by Gasteiger charge is -2.45. The van der Waals surface area contributed by atoms with Crippen LogP contribution in [0.25, 0.3) is 10.4 Å². The van der Waals surface area contributed by atoms with Crippen molar-refractivity contribution in [3.8, 4) is 0 Å². The first-order valence-electron chi connectivity index (χ1n) is 15.6. The monoisotopic (exact) mass is 635 g/mol. The highest BCUT2D eigenvalue weighted by Gasteiger charge is 2.50. The van der Waals surface area contributed by atoms with Crippen LogP contribution in [0.1, 0.15) is 37.5 Å². The van der Waals surface area contributed by atoms with Gasteiger partial charge in [0.25, 0.3) is 0 Å². The number of hydrogen-bond acceptors (Lipinski definition) is 8. The molecule has 46 heavy (non-hydrogen) atoms. The molecule has 2 aliphatic rings. The summed E-state index contributed by atoms with van der Waals surface area (Å²) in [6.07, 6.45) is -5.47. The van der Waals surface area contributed by atoms with Gasteiger partial charge >= 0.3 is 0 Å². The van der Waals surface area contributed by atoms with Gasteiger partial charge in [0.15, 0.2) is 12.1 Å². The minimum absolute atomic E-state index is 0.0890. The van der Waals surface area contributed by atoms with Crippen LogP contribution >= 0.6 is 0 Å². The molecule has 11 heteroatoms. The third-order valence-corrected chi connectivity index (χ3v) is 7.96. The molecule has 2 heterocycles. The lowest BCUT2D eigenvalue weighted by Crippen LogP contribution is -2.61. The second-order valence-electron chi connectivity index (χ2n) is 11.9. The highest BCUT2D eigenvalue weighted by molar-refractivity contribution is 5.15. The summed E-state index contributed by atoms with van der Waals surface area (Å²) in [5.74, 6) is -0.852. The van der Waals surface area contributed by atoms with E-state index in [1.54, 1.807) is 13.8 Å². The van der Waals surface area contributed by atoms with E-state index in [9.17, 15) is 9.92 Å². The number of hydrogen-bond donors (Lipinski definition) is 0. The second-order valence-corrected chi connectivity index (χ2v) is 11.9. The van der Waals surface area contributed by atoms with Gasteiger partial charge in [0.1, 0.15) is 31.1 Å². The smallest absolute Gasteiger partial charge is 0.186 e. The zero-order valence-corrected chi connectivity index (χ0v) is 26.4. The Balaban J connectivity index is 1.42. The van der Waals surface area contributed by atoms with Gasteiger partial charge in [-0.3, -0.25) is 0 Å². The van der Waals surface area contributed by atoms with E-state index in [1.807, 2.05) is 97.9 Å². The van der Waals surface area contributed by atoms with Gasteiger partial charge in [-0.15, -0.1) is 0 Å². The molecule has 0 amide bonds. The fourth-order valence-corrected chi connectivity index (χ4v) is 5.82. The molecular formula is C35H42FN3O7. The minimum atomic E-state index is -1.08. The highest BCUT2D eigenvalue weighted by atomic mass is 19.1. The van der Waals surface area contributed by atoms with Gasteiger partial charge < -0.3 is 33.2 Å². The summed E-state index contributed by atoms with van der Waals surface area (Å²) < 4.78 is 58.6. The van der Waals surface area contributed by atoms with E-state index in [4.69, 9.17) is 33.2 Å². The van der Waals surface area contributed by atoms with Crippen LogP contribution in [0.15, 0.2) is 96.1 Å². The summed E-state index contributed by atoms with van der Waals surface area (Å²) >= 11 is 0. The number of rotatable bonds is 15. The number of azide groups is 1. The van der Waals surface area contributed by atoms with Crippen molar-refractivity contribution in [3.05, 3.63) is 118 Å². The Hall–Kier alpha value is -3.38. The first-order valence-corrected chi connectivity index (χ1v) is 15.6. The molecule has 2 fully saturated rings. The fourth-order valence-electron chi connectivity index (χ4n) is 5.82. The van der Waals surface area contributed by atoms with Gasteiger partial charge in [-0.2, -0.15) is 0 Å². The lowest BCUT2D eigenvalue weighted by molar-refractivity contribution is -0.325. The normalized spacial score (nSPS) is 28.0. The molecule has 0 saturated carbocycles. The molecule has 8 atom stereocenters. The molecule has 2 unspecified atom stereocenters. The van der Waals surface area contributed by atoms with E-state index in [-0.39, 0.29) is 32.5 Å². The molecular weight excluding hydrogens is 593 g/mol. The van der Waals surface area contributed by atoms with E-state index in [0.717, 1.165) is 16.7 Å². The van der Waals surface area contributed by atoms with Crippen LogP contribution < -0.4 is 0 Å². The summed E-state index contributed by atoms with van der Waals surface area (Å²) in [6, 6.07) is 28.3. The van der Waals surface area contributed by atoms with Gasteiger partial charge in [-0.25, -0.2) is 4.39 Å². The van der Waals surface area contributed by atoms with Crippen molar-refractivity contribution in [1.29, 1.82) is 0 Å². The van der Waals surface area contributed by atoms with Crippen molar-refractivity contribution in [3.63, 3.8) is 0 Å². The molecule has 3 aromatic carbocycles. The highest BCUT2D eigenvalue weighted by Crippen LogP contribution is 2.34. The Kier molecular flexibility index (Phi) is 12.1. The van der Waals surface area contributed by atoms with Crippen LogP contribution in [0.5, 0.6) is 0 Å². The molecule has 0 N–H and O–H groups in total. The van der Waals surface area contributed by atoms with Crippen molar-refractivity contribution in [1.82, 2.24) is 0 Å².